The predicted octanol–water partition coefficient (Wildman–Crippen LogP) is 0.700. The summed E-state index contributed by atoms with van der Waals surface area (Å²) in [6.07, 6.45) is 0. The van der Waals surface area contributed by atoms with E-state index in [0.717, 1.165) is 0 Å². The smallest absolute Gasteiger partial charge is 0.326 e. The lowest BCUT2D eigenvalue weighted by molar-refractivity contribution is -0.141. The molecule has 0 aromatic heterocycles. The Bertz CT molecular complexity index is 380. The highest BCUT2D eigenvalue weighted by molar-refractivity contribution is 5.87. The van der Waals surface area contributed by atoms with E-state index in [9.17, 15) is 14.4 Å². The zero-order chi connectivity index (χ0) is 16.1. The maximum Gasteiger partial charge on any atom is 0.326 e. The molecule has 0 aliphatic rings. The summed E-state index contributed by atoms with van der Waals surface area (Å²) >= 11 is 0. The van der Waals surface area contributed by atoms with Gasteiger partial charge in [0, 0.05) is 5.54 Å². The van der Waals surface area contributed by atoms with Crippen LogP contribution >= 0.6 is 0 Å². The number of carboxylic acid groups (broad SMARTS) is 1. The summed E-state index contributed by atoms with van der Waals surface area (Å²) in [7, 11) is 0. The van der Waals surface area contributed by atoms with E-state index in [0.29, 0.717) is 0 Å². The van der Waals surface area contributed by atoms with Crippen LogP contribution in [0.15, 0.2) is 0 Å². The van der Waals surface area contributed by atoms with Crippen molar-refractivity contribution in [2.75, 3.05) is 6.54 Å². The molecule has 0 spiro atoms. The first-order valence-corrected chi connectivity index (χ1v) is 6.41. The lowest BCUT2D eigenvalue weighted by Crippen LogP contribution is -2.54. The summed E-state index contributed by atoms with van der Waals surface area (Å²) in [4.78, 5) is 34.2. The number of aliphatic carboxylic acids is 1. The first-order valence-electron chi connectivity index (χ1n) is 6.41. The van der Waals surface area contributed by atoms with Crippen molar-refractivity contribution in [1.82, 2.24) is 16.0 Å². The average molecular weight is 287 g/mol. The molecule has 0 saturated heterocycles. The van der Waals surface area contributed by atoms with Gasteiger partial charge in [0.1, 0.15) is 6.04 Å². The third kappa shape index (κ3) is 7.60. The number of hydrogen-bond acceptors (Lipinski definition) is 3. The predicted molar refractivity (Wildman–Crippen MR) is 75.3 cm³/mol. The second kappa shape index (κ2) is 6.58. The number of nitrogens with one attached hydrogen (secondary N) is 3. The molecule has 116 valence electrons. The topological polar surface area (TPSA) is 108 Å². The van der Waals surface area contributed by atoms with Gasteiger partial charge in [-0.3, -0.25) is 4.79 Å². The Hall–Kier alpha value is -1.79. The van der Waals surface area contributed by atoms with Gasteiger partial charge < -0.3 is 21.1 Å². The Labute approximate surface area is 119 Å². The van der Waals surface area contributed by atoms with E-state index >= 15 is 0 Å². The van der Waals surface area contributed by atoms with E-state index in [4.69, 9.17) is 5.11 Å². The van der Waals surface area contributed by atoms with Crippen LogP contribution in [0, 0.1) is 5.41 Å². The quantitative estimate of drug-likeness (QED) is 0.610. The second-order valence-electron chi connectivity index (χ2n) is 6.76. The fourth-order valence-electron chi connectivity index (χ4n) is 1.45. The zero-order valence-electron chi connectivity index (χ0n) is 13.0. The SMILES string of the molecule is CC(C)(C)NC(=O)CNC(=O)NC(C(=O)O)C(C)(C)C. The molecule has 7 heteroatoms. The van der Waals surface area contributed by atoms with Gasteiger partial charge in [-0.15, -0.1) is 0 Å². The Morgan fingerprint density at radius 3 is 1.90 bits per heavy atom. The van der Waals surface area contributed by atoms with Crippen molar-refractivity contribution in [1.29, 1.82) is 0 Å². The molecule has 0 bridgehead atoms. The van der Waals surface area contributed by atoms with Crippen LogP contribution < -0.4 is 16.0 Å². The van der Waals surface area contributed by atoms with E-state index in [1.54, 1.807) is 20.8 Å². The first-order chi connectivity index (χ1) is 8.83. The molecule has 0 fully saturated rings. The van der Waals surface area contributed by atoms with E-state index in [1.807, 2.05) is 20.8 Å². The van der Waals surface area contributed by atoms with Gasteiger partial charge in [0.15, 0.2) is 0 Å². The standard InChI is InChI=1S/C13H25N3O4/c1-12(2,3)9(10(18)19)15-11(20)14-7-8(17)16-13(4,5)6/h9H,7H2,1-6H3,(H,16,17)(H,18,19)(H2,14,15,20). The van der Waals surface area contributed by atoms with Gasteiger partial charge in [0.05, 0.1) is 6.54 Å². The normalized spacial score (nSPS) is 13.3. The van der Waals surface area contributed by atoms with Crippen molar-refractivity contribution in [3.63, 3.8) is 0 Å². The summed E-state index contributed by atoms with van der Waals surface area (Å²) in [5.41, 5.74) is -1.01. The third-order valence-corrected chi connectivity index (χ3v) is 2.31. The van der Waals surface area contributed by atoms with Gasteiger partial charge >= 0.3 is 12.0 Å². The lowest BCUT2D eigenvalue weighted by atomic mass is 9.87. The molecular formula is C13H25N3O4. The molecule has 0 aliphatic carbocycles. The summed E-state index contributed by atoms with van der Waals surface area (Å²) in [6, 6.07) is -1.72. The molecule has 0 aromatic rings. The highest BCUT2D eigenvalue weighted by atomic mass is 16.4. The molecule has 0 aliphatic heterocycles. The number of hydrogen-bond donors (Lipinski definition) is 4. The van der Waals surface area contributed by atoms with Crippen molar-refractivity contribution in [2.45, 2.75) is 53.1 Å². The van der Waals surface area contributed by atoms with Gasteiger partial charge in [0.2, 0.25) is 5.91 Å². The largest absolute Gasteiger partial charge is 0.480 e. The molecule has 3 amide bonds. The molecule has 0 aromatic carbocycles. The number of carbonyl (C=O) groups excluding carboxylic acids is 2. The molecule has 0 heterocycles. The number of amides is 3. The molecule has 0 saturated carbocycles. The van der Waals surface area contributed by atoms with Crippen LogP contribution in [0.2, 0.25) is 0 Å². The van der Waals surface area contributed by atoms with Gasteiger partial charge in [-0.25, -0.2) is 9.59 Å². The van der Waals surface area contributed by atoms with Gasteiger partial charge in [-0.2, -0.15) is 0 Å². The fourth-order valence-corrected chi connectivity index (χ4v) is 1.45. The highest BCUT2D eigenvalue weighted by Crippen LogP contribution is 2.19. The summed E-state index contributed by atoms with van der Waals surface area (Å²) in [5, 5.41) is 16.4. The maximum absolute atomic E-state index is 11.6. The molecular weight excluding hydrogens is 262 g/mol. The van der Waals surface area contributed by atoms with E-state index in [1.165, 1.54) is 0 Å². The third-order valence-electron chi connectivity index (χ3n) is 2.31. The van der Waals surface area contributed by atoms with Crippen LogP contribution in [-0.2, 0) is 9.59 Å². The molecule has 0 radical (unpaired) electrons. The Morgan fingerprint density at radius 2 is 1.55 bits per heavy atom. The molecule has 20 heavy (non-hydrogen) atoms. The average Bonchev–Trinajstić information content (AvgIpc) is 2.18. The summed E-state index contributed by atoms with van der Waals surface area (Å²) < 4.78 is 0. The highest BCUT2D eigenvalue weighted by Gasteiger charge is 2.32. The second-order valence-corrected chi connectivity index (χ2v) is 6.76. The summed E-state index contributed by atoms with van der Waals surface area (Å²) in [5.74, 6) is -1.46. The Balaban J connectivity index is 4.36. The number of rotatable bonds is 4. The van der Waals surface area contributed by atoms with Crippen molar-refractivity contribution in [2.24, 2.45) is 5.41 Å². The van der Waals surface area contributed by atoms with Gasteiger partial charge in [0.25, 0.3) is 0 Å². The number of urea groups is 1. The molecule has 1 atom stereocenters. The lowest BCUT2D eigenvalue weighted by Gasteiger charge is -2.27. The first kappa shape index (κ1) is 18.2. The monoisotopic (exact) mass is 287 g/mol. The minimum Gasteiger partial charge on any atom is -0.480 e. The van der Waals surface area contributed by atoms with Crippen LogP contribution in [0.25, 0.3) is 0 Å². The van der Waals surface area contributed by atoms with Crippen LogP contribution in [0.3, 0.4) is 0 Å². The number of carbonyl (C=O) groups is 3. The fraction of sp³-hybridized carbons (Fsp3) is 0.769. The zero-order valence-corrected chi connectivity index (χ0v) is 13.0. The Kier molecular flexibility index (Phi) is 5.99. The van der Waals surface area contributed by atoms with Crippen LogP contribution in [-0.4, -0.2) is 41.1 Å². The molecule has 1 unspecified atom stereocenters. The molecule has 7 nitrogen and oxygen atoms in total. The van der Waals surface area contributed by atoms with Crippen molar-refractivity contribution < 1.29 is 19.5 Å². The van der Waals surface area contributed by atoms with E-state index in [2.05, 4.69) is 16.0 Å². The van der Waals surface area contributed by atoms with Crippen LogP contribution in [0.4, 0.5) is 4.79 Å². The summed E-state index contributed by atoms with van der Waals surface area (Å²) in [6.45, 7) is 10.4. The molecule has 0 rings (SSSR count). The van der Waals surface area contributed by atoms with Crippen LogP contribution in [0.1, 0.15) is 41.5 Å². The number of carboxylic acids is 1. The van der Waals surface area contributed by atoms with Crippen molar-refractivity contribution >= 4 is 17.9 Å². The minimum absolute atomic E-state index is 0.209. The van der Waals surface area contributed by atoms with E-state index < -0.39 is 23.5 Å². The van der Waals surface area contributed by atoms with Gasteiger partial charge in [-0.05, 0) is 26.2 Å². The van der Waals surface area contributed by atoms with Crippen molar-refractivity contribution in [3.05, 3.63) is 0 Å². The Morgan fingerprint density at radius 1 is 1.05 bits per heavy atom. The van der Waals surface area contributed by atoms with Gasteiger partial charge in [-0.1, -0.05) is 20.8 Å². The maximum atomic E-state index is 11.6. The minimum atomic E-state index is -1.12. The van der Waals surface area contributed by atoms with Crippen molar-refractivity contribution in [3.8, 4) is 0 Å². The van der Waals surface area contributed by atoms with E-state index in [-0.39, 0.29) is 18.0 Å². The molecule has 4 N–H and O–H groups in total. The van der Waals surface area contributed by atoms with Crippen LogP contribution in [0.5, 0.6) is 0 Å².